The molecule has 1 aliphatic rings. The van der Waals surface area contributed by atoms with Gasteiger partial charge in [-0.15, -0.1) is 11.8 Å². The lowest BCUT2D eigenvalue weighted by Crippen LogP contribution is -2.02. The van der Waals surface area contributed by atoms with Crippen LogP contribution in [0.25, 0.3) is 0 Å². The molecule has 2 aromatic carbocycles. The van der Waals surface area contributed by atoms with Crippen molar-refractivity contribution in [3.05, 3.63) is 71.8 Å². The molecule has 17 heavy (non-hydrogen) atoms. The van der Waals surface area contributed by atoms with Crippen molar-refractivity contribution < 1.29 is 0 Å². The number of nitrogens with zero attached hydrogens (tertiary/aromatic N) is 1. The van der Waals surface area contributed by atoms with Crippen molar-refractivity contribution in [1.29, 1.82) is 0 Å². The third kappa shape index (κ3) is 2.13. The third-order valence-electron chi connectivity index (χ3n) is 2.98. The summed E-state index contributed by atoms with van der Waals surface area (Å²) in [5.74, 6) is 0. The van der Waals surface area contributed by atoms with E-state index in [1.807, 2.05) is 11.6 Å². The normalized spacial score (nSPS) is 22.8. The first-order valence-corrected chi connectivity index (χ1v) is 6.66. The van der Waals surface area contributed by atoms with E-state index in [1.54, 1.807) is 11.8 Å². The average Bonchev–Trinajstić information content (AvgIpc) is 2.90. The average molecular weight is 239 g/mol. The van der Waals surface area contributed by atoms with Gasteiger partial charge in [-0.1, -0.05) is 60.7 Å². The van der Waals surface area contributed by atoms with Crippen molar-refractivity contribution in [2.24, 2.45) is 4.99 Å². The number of aliphatic imine (C=N–C) groups is 1. The fourth-order valence-electron chi connectivity index (χ4n) is 2.13. The van der Waals surface area contributed by atoms with E-state index in [1.165, 1.54) is 11.1 Å². The fraction of sp³-hybridized carbons (Fsp3) is 0.133. The summed E-state index contributed by atoms with van der Waals surface area (Å²) in [4.78, 5) is 4.60. The van der Waals surface area contributed by atoms with Gasteiger partial charge in [0.15, 0.2) is 0 Å². The van der Waals surface area contributed by atoms with Crippen molar-refractivity contribution in [3.63, 3.8) is 0 Å². The summed E-state index contributed by atoms with van der Waals surface area (Å²) in [5, 5.41) is 0.415. The second-order valence-corrected chi connectivity index (χ2v) is 5.07. The lowest BCUT2D eigenvalue weighted by molar-refractivity contribution is 0.725. The first-order chi connectivity index (χ1) is 8.45. The van der Waals surface area contributed by atoms with Crippen LogP contribution in [0.5, 0.6) is 0 Å². The van der Waals surface area contributed by atoms with E-state index >= 15 is 0 Å². The van der Waals surface area contributed by atoms with E-state index in [4.69, 9.17) is 0 Å². The van der Waals surface area contributed by atoms with Crippen LogP contribution in [0.3, 0.4) is 0 Å². The highest BCUT2D eigenvalue weighted by Gasteiger charge is 2.27. The Balaban J connectivity index is 1.93. The zero-order chi connectivity index (χ0) is 11.5. The van der Waals surface area contributed by atoms with E-state index in [-0.39, 0.29) is 6.04 Å². The van der Waals surface area contributed by atoms with Crippen LogP contribution in [0.1, 0.15) is 22.4 Å². The summed E-state index contributed by atoms with van der Waals surface area (Å²) in [7, 11) is 0. The van der Waals surface area contributed by atoms with Crippen molar-refractivity contribution in [2.75, 3.05) is 0 Å². The Bertz CT molecular complexity index is 507. The standard InChI is InChI=1S/C15H13NS/c1-3-7-12(8-4-1)14-15(17-11-16-14)13-9-5-2-6-10-13/h1-11,14-15H. The van der Waals surface area contributed by atoms with Gasteiger partial charge in [0.25, 0.3) is 0 Å². The summed E-state index contributed by atoms with van der Waals surface area (Å²) in [6, 6.07) is 21.4. The molecule has 2 unspecified atom stereocenters. The molecule has 0 bridgehead atoms. The zero-order valence-electron chi connectivity index (χ0n) is 9.36. The Morgan fingerprint density at radius 1 is 0.765 bits per heavy atom. The SMILES string of the molecule is C1=NC(c2ccccc2)C(c2ccccc2)S1. The van der Waals surface area contributed by atoms with E-state index in [0.29, 0.717) is 5.25 Å². The third-order valence-corrected chi connectivity index (χ3v) is 4.05. The molecule has 0 saturated heterocycles. The molecular weight excluding hydrogens is 226 g/mol. The van der Waals surface area contributed by atoms with Gasteiger partial charge >= 0.3 is 0 Å². The molecule has 0 saturated carbocycles. The minimum atomic E-state index is 0.253. The molecule has 1 heterocycles. The zero-order valence-corrected chi connectivity index (χ0v) is 10.2. The molecule has 0 aliphatic carbocycles. The Hall–Kier alpha value is -1.54. The molecule has 0 amide bonds. The quantitative estimate of drug-likeness (QED) is 0.763. The second kappa shape index (κ2) is 4.76. The fourth-order valence-corrected chi connectivity index (χ4v) is 3.16. The molecule has 2 atom stereocenters. The van der Waals surface area contributed by atoms with Crippen LogP contribution in [-0.2, 0) is 0 Å². The molecule has 0 aromatic heterocycles. The van der Waals surface area contributed by atoms with Crippen molar-refractivity contribution >= 4 is 17.3 Å². The monoisotopic (exact) mass is 239 g/mol. The Kier molecular flexibility index (Phi) is 2.97. The number of hydrogen-bond acceptors (Lipinski definition) is 2. The number of thioether (sulfide) groups is 1. The van der Waals surface area contributed by atoms with Gasteiger partial charge in [0.2, 0.25) is 0 Å². The Morgan fingerprint density at radius 2 is 1.35 bits per heavy atom. The maximum Gasteiger partial charge on any atom is 0.0918 e. The molecule has 0 N–H and O–H groups in total. The summed E-state index contributed by atoms with van der Waals surface area (Å²) >= 11 is 1.81. The summed E-state index contributed by atoms with van der Waals surface area (Å²) < 4.78 is 0. The molecule has 2 aromatic rings. The van der Waals surface area contributed by atoms with Crippen molar-refractivity contribution in [2.45, 2.75) is 11.3 Å². The van der Waals surface area contributed by atoms with Gasteiger partial charge in [-0.3, -0.25) is 4.99 Å². The summed E-state index contributed by atoms with van der Waals surface area (Å²) in [6.45, 7) is 0. The minimum Gasteiger partial charge on any atom is -0.277 e. The van der Waals surface area contributed by atoms with Gasteiger partial charge in [-0.05, 0) is 11.1 Å². The van der Waals surface area contributed by atoms with Crippen LogP contribution < -0.4 is 0 Å². The van der Waals surface area contributed by atoms with Crippen LogP contribution in [0, 0.1) is 0 Å². The molecular formula is C15H13NS. The van der Waals surface area contributed by atoms with Crippen LogP contribution in [0.2, 0.25) is 0 Å². The molecule has 2 heteroatoms. The molecule has 0 radical (unpaired) electrons. The van der Waals surface area contributed by atoms with Gasteiger partial charge in [-0.25, -0.2) is 0 Å². The molecule has 84 valence electrons. The van der Waals surface area contributed by atoms with E-state index < -0.39 is 0 Å². The van der Waals surface area contributed by atoms with Gasteiger partial charge in [0.1, 0.15) is 0 Å². The minimum absolute atomic E-state index is 0.253. The second-order valence-electron chi connectivity index (χ2n) is 4.08. The first kappa shape index (κ1) is 10.6. The van der Waals surface area contributed by atoms with Crippen molar-refractivity contribution in [1.82, 2.24) is 0 Å². The number of hydrogen-bond donors (Lipinski definition) is 0. The van der Waals surface area contributed by atoms with Gasteiger partial charge in [0, 0.05) is 0 Å². The smallest absolute Gasteiger partial charge is 0.0918 e. The van der Waals surface area contributed by atoms with E-state index in [9.17, 15) is 0 Å². The highest BCUT2D eigenvalue weighted by Crippen LogP contribution is 2.45. The van der Waals surface area contributed by atoms with E-state index in [2.05, 4.69) is 59.6 Å². The van der Waals surface area contributed by atoms with Gasteiger partial charge in [-0.2, -0.15) is 0 Å². The Labute approximate surface area is 106 Å². The molecule has 0 fully saturated rings. The lowest BCUT2D eigenvalue weighted by Gasteiger charge is -2.17. The van der Waals surface area contributed by atoms with Crippen LogP contribution in [-0.4, -0.2) is 5.55 Å². The molecule has 1 aliphatic heterocycles. The predicted octanol–water partition coefficient (Wildman–Crippen LogP) is 4.24. The predicted molar refractivity (Wildman–Crippen MR) is 74.4 cm³/mol. The van der Waals surface area contributed by atoms with Gasteiger partial charge in [0.05, 0.1) is 16.8 Å². The number of rotatable bonds is 2. The maximum absolute atomic E-state index is 4.60. The first-order valence-electron chi connectivity index (χ1n) is 5.72. The molecule has 3 rings (SSSR count). The van der Waals surface area contributed by atoms with Crippen LogP contribution in [0.15, 0.2) is 65.7 Å². The van der Waals surface area contributed by atoms with Crippen LogP contribution >= 0.6 is 11.8 Å². The van der Waals surface area contributed by atoms with Gasteiger partial charge < -0.3 is 0 Å². The lowest BCUT2D eigenvalue weighted by atomic mass is 9.99. The summed E-state index contributed by atoms with van der Waals surface area (Å²) in [6.07, 6.45) is 0. The highest BCUT2D eigenvalue weighted by atomic mass is 32.2. The largest absolute Gasteiger partial charge is 0.277 e. The highest BCUT2D eigenvalue weighted by molar-refractivity contribution is 8.12. The topological polar surface area (TPSA) is 12.4 Å². The van der Waals surface area contributed by atoms with Crippen LogP contribution in [0.4, 0.5) is 0 Å². The van der Waals surface area contributed by atoms with Crippen molar-refractivity contribution in [3.8, 4) is 0 Å². The molecule has 1 nitrogen and oxygen atoms in total. The number of benzene rings is 2. The maximum atomic E-state index is 4.60. The van der Waals surface area contributed by atoms with E-state index in [0.717, 1.165) is 0 Å². The Morgan fingerprint density at radius 3 is 2.00 bits per heavy atom. The molecule has 0 spiro atoms. The summed E-state index contributed by atoms with van der Waals surface area (Å²) in [5.41, 5.74) is 4.63.